The van der Waals surface area contributed by atoms with Crippen LogP contribution in [0.3, 0.4) is 0 Å². The molecule has 6 nitrogen and oxygen atoms in total. The van der Waals surface area contributed by atoms with Gasteiger partial charge in [-0.15, -0.1) is 0 Å². The summed E-state index contributed by atoms with van der Waals surface area (Å²) in [6, 6.07) is 8.21. The number of nitrogens with zero attached hydrogens (tertiary/aromatic N) is 2. The first-order valence-corrected chi connectivity index (χ1v) is 8.13. The summed E-state index contributed by atoms with van der Waals surface area (Å²) in [5, 5.41) is 15.7. The van der Waals surface area contributed by atoms with E-state index in [1.807, 2.05) is 19.1 Å². The highest BCUT2D eigenvalue weighted by Gasteiger charge is 2.11. The molecule has 1 unspecified atom stereocenters. The van der Waals surface area contributed by atoms with Crippen molar-refractivity contribution >= 4 is 11.9 Å². The van der Waals surface area contributed by atoms with Gasteiger partial charge in [0.25, 0.3) is 0 Å². The van der Waals surface area contributed by atoms with Crippen LogP contribution in [0.4, 0.5) is 0 Å². The molecule has 1 amide bonds. The number of benzene rings is 1. The third-order valence-corrected chi connectivity index (χ3v) is 3.84. The lowest BCUT2D eigenvalue weighted by Crippen LogP contribution is -2.27. The molecule has 0 aliphatic rings. The van der Waals surface area contributed by atoms with Crippen molar-refractivity contribution in [1.82, 2.24) is 15.1 Å². The SMILES string of the molecule is CCCc1ccc(C(C)NC(=O)CCn2cc(C(=O)O)cn2)cc1. The first kappa shape index (κ1) is 17.7. The maximum atomic E-state index is 12.0. The average molecular weight is 329 g/mol. The normalized spacial score (nSPS) is 11.9. The van der Waals surface area contributed by atoms with E-state index in [9.17, 15) is 9.59 Å². The number of rotatable bonds is 8. The van der Waals surface area contributed by atoms with Gasteiger partial charge in [0.1, 0.15) is 0 Å². The summed E-state index contributed by atoms with van der Waals surface area (Å²) in [5.41, 5.74) is 2.49. The highest BCUT2D eigenvalue weighted by Crippen LogP contribution is 2.14. The van der Waals surface area contributed by atoms with Gasteiger partial charge in [0.2, 0.25) is 5.91 Å². The zero-order valence-electron chi connectivity index (χ0n) is 14.0. The van der Waals surface area contributed by atoms with Gasteiger partial charge in [0, 0.05) is 19.2 Å². The molecule has 0 bridgehead atoms. The minimum Gasteiger partial charge on any atom is -0.478 e. The minimum absolute atomic E-state index is 0.0691. The Kier molecular flexibility index (Phi) is 6.12. The van der Waals surface area contributed by atoms with Crippen molar-refractivity contribution < 1.29 is 14.7 Å². The van der Waals surface area contributed by atoms with Crippen LogP contribution in [0.5, 0.6) is 0 Å². The Bertz CT molecular complexity index is 692. The van der Waals surface area contributed by atoms with Crippen LogP contribution in [0.25, 0.3) is 0 Å². The number of carboxylic acid groups (broad SMARTS) is 1. The van der Waals surface area contributed by atoms with E-state index in [-0.39, 0.29) is 23.9 Å². The molecule has 1 aromatic heterocycles. The molecule has 0 aliphatic carbocycles. The molecule has 0 spiro atoms. The quantitative estimate of drug-likeness (QED) is 0.780. The number of carbonyl (C=O) groups excluding carboxylic acids is 1. The van der Waals surface area contributed by atoms with Gasteiger partial charge < -0.3 is 10.4 Å². The Labute approximate surface area is 141 Å². The molecule has 1 heterocycles. The highest BCUT2D eigenvalue weighted by molar-refractivity contribution is 5.86. The van der Waals surface area contributed by atoms with E-state index < -0.39 is 5.97 Å². The van der Waals surface area contributed by atoms with Gasteiger partial charge >= 0.3 is 5.97 Å². The Hall–Kier alpha value is -2.63. The largest absolute Gasteiger partial charge is 0.478 e. The zero-order chi connectivity index (χ0) is 17.5. The van der Waals surface area contributed by atoms with Gasteiger partial charge in [-0.05, 0) is 24.5 Å². The second-order valence-corrected chi connectivity index (χ2v) is 5.83. The third kappa shape index (κ3) is 4.94. The first-order valence-electron chi connectivity index (χ1n) is 8.13. The highest BCUT2D eigenvalue weighted by atomic mass is 16.4. The van der Waals surface area contributed by atoms with Crippen LogP contribution < -0.4 is 5.32 Å². The maximum absolute atomic E-state index is 12.0. The number of nitrogens with one attached hydrogen (secondary N) is 1. The zero-order valence-corrected chi connectivity index (χ0v) is 14.0. The lowest BCUT2D eigenvalue weighted by atomic mass is 10.0. The Morgan fingerprint density at radius 2 is 2.00 bits per heavy atom. The van der Waals surface area contributed by atoms with E-state index >= 15 is 0 Å². The standard InChI is InChI=1S/C18H23N3O3/c1-3-4-14-5-7-15(8-6-14)13(2)20-17(22)9-10-21-12-16(11-19-21)18(23)24/h5-8,11-13H,3-4,9-10H2,1-2H3,(H,20,22)(H,23,24). The number of aromatic carboxylic acids is 1. The average Bonchev–Trinajstić information content (AvgIpc) is 3.03. The summed E-state index contributed by atoms with van der Waals surface area (Å²) in [4.78, 5) is 22.8. The van der Waals surface area contributed by atoms with Crippen molar-refractivity contribution in [3.05, 3.63) is 53.3 Å². The monoisotopic (exact) mass is 329 g/mol. The lowest BCUT2D eigenvalue weighted by Gasteiger charge is -2.15. The summed E-state index contributed by atoms with van der Waals surface area (Å²) in [6.07, 6.45) is 5.12. The van der Waals surface area contributed by atoms with E-state index in [1.54, 1.807) is 0 Å². The van der Waals surface area contributed by atoms with Crippen LogP contribution in [-0.2, 0) is 17.8 Å². The van der Waals surface area contributed by atoms with E-state index in [0.717, 1.165) is 18.4 Å². The fraction of sp³-hybridized carbons (Fsp3) is 0.389. The number of aryl methyl sites for hydroxylation is 2. The Balaban J connectivity index is 1.83. The van der Waals surface area contributed by atoms with E-state index in [0.29, 0.717) is 6.54 Å². The third-order valence-electron chi connectivity index (χ3n) is 3.84. The van der Waals surface area contributed by atoms with Crippen LogP contribution in [0.15, 0.2) is 36.7 Å². The number of carboxylic acids is 1. The van der Waals surface area contributed by atoms with Gasteiger partial charge in [0.15, 0.2) is 0 Å². The van der Waals surface area contributed by atoms with Crippen LogP contribution in [0.1, 0.15) is 54.2 Å². The van der Waals surface area contributed by atoms with Crippen LogP contribution in [0, 0.1) is 0 Å². The van der Waals surface area contributed by atoms with Gasteiger partial charge in [-0.25, -0.2) is 4.79 Å². The molecule has 0 radical (unpaired) electrons. The summed E-state index contributed by atoms with van der Waals surface area (Å²) in [7, 11) is 0. The predicted octanol–water partition coefficient (Wildman–Crippen LogP) is 2.80. The van der Waals surface area contributed by atoms with Gasteiger partial charge in [-0.2, -0.15) is 5.10 Å². The summed E-state index contributed by atoms with van der Waals surface area (Å²) in [6.45, 7) is 4.44. The molecule has 0 fully saturated rings. The van der Waals surface area contributed by atoms with Crippen molar-refractivity contribution in [2.24, 2.45) is 0 Å². The molecule has 6 heteroatoms. The maximum Gasteiger partial charge on any atom is 0.338 e. The number of aromatic nitrogens is 2. The summed E-state index contributed by atoms with van der Waals surface area (Å²) < 4.78 is 1.47. The Morgan fingerprint density at radius 1 is 1.29 bits per heavy atom. The molecule has 2 rings (SSSR count). The number of hydrogen-bond acceptors (Lipinski definition) is 3. The summed E-state index contributed by atoms with van der Waals surface area (Å²) >= 11 is 0. The molecule has 0 saturated carbocycles. The molecule has 2 aromatic rings. The first-order chi connectivity index (χ1) is 11.5. The smallest absolute Gasteiger partial charge is 0.338 e. The molecule has 24 heavy (non-hydrogen) atoms. The van der Waals surface area contributed by atoms with Crippen LogP contribution >= 0.6 is 0 Å². The number of carbonyl (C=O) groups is 2. The van der Waals surface area contributed by atoms with Crippen molar-refractivity contribution in [2.75, 3.05) is 0 Å². The number of hydrogen-bond donors (Lipinski definition) is 2. The van der Waals surface area contributed by atoms with E-state index in [4.69, 9.17) is 5.11 Å². The van der Waals surface area contributed by atoms with Crippen molar-refractivity contribution in [3.8, 4) is 0 Å². The molecule has 0 saturated heterocycles. The molecular formula is C18H23N3O3. The summed E-state index contributed by atoms with van der Waals surface area (Å²) in [5.74, 6) is -1.11. The van der Waals surface area contributed by atoms with E-state index in [1.165, 1.54) is 22.6 Å². The fourth-order valence-electron chi connectivity index (χ4n) is 2.47. The molecule has 2 N–H and O–H groups in total. The van der Waals surface area contributed by atoms with E-state index in [2.05, 4.69) is 29.5 Å². The second-order valence-electron chi connectivity index (χ2n) is 5.83. The van der Waals surface area contributed by atoms with Gasteiger partial charge in [0.05, 0.1) is 17.8 Å². The molecular weight excluding hydrogens is 306 g/mol. The van der Waals surface area contributed by atoms with Crippen LogP contribution in [0.2, 0.25) is 0 Å². The topological polar surface area (TPSA) is 84.2 Å². The van der Waals surface area contributed by atoms with Crippen molar-refractivity contribution in [3.63, 3.8) is 0 Å². The second kappa shape index (κ2) is 8.29. The Morgan fingerprint density at radius 3 is 2.58 bits per heavy atom. The predicted molar refractivity (Wildman–Crippen MR) is 90.8 cm³/mol. The minimum atomic E-state index is -1.02. The van der Waals surface area contributed by atoms with Crippen LogP contribution in [-0.4, -0.2) is 26.8 Å². The molecule has 1 atom stereocenters. The number of amides is 1. The van der Waals surface area contributed by atoms with Crippen molar-refractivity contribution in [2.45, 2.75) is 45.7 Å². The van der Waals surface area contributed by atoms with Crippen molar-refractivity contribution in [1.29, 1.82) is 0 Å². The fourth-order valence-corrected chi connectivity index (χ4v) is 2.47. The lowest BCUT2D eigenvalue weighted by molar-refractivity contribution is -0.122. The molecule has 0 aliphatic heterocycles. The van der Waals surface area contributed by atoms with Gasteiger partial charge in [-0.1, -0.05) is 37.6 Å². The van der Waals surface area contributed by atoms with Gasteiger partial charge in [-0.3, -0.25) is 9.48 Å². The molecule has 128 valence electrons. The molecule has 1 aromatic carbocycles.